The standard InChI is InChI=1S/C14H30N2/c1-5-15-11-14(3,4)12-16(6-2)10-13-8-7-9-13/h13,15H,5-12H2,1-4H3. The third-order valence-electron chi connectivity index (χ3n) is 3.69. The Bertz CT molecular complexity index is 185. The molecule has 0 aromatic heterocycles. The maximum absolute atomic E-state index is 3.47. The minimum atomic E-state index is 0.399. The van der Waals surface area contributed by atoms with E-state index in [-0.39, 0.29) is 0 Å². The molecule has 0 radical (unpaired) electrons. The molecule has 2 nitrogen and oxygen atoms in total. The Labute approximate surface area is 102 Å². The average Bonchev–Trinajstić information content (AvgIpc) is 2.18. The summed E-state index contributed by atoms with van der Waals surface area (Å²) in [6, 6.07) is 0. The first-order valence-electron chi connectivity index (χ1n) is 7.00. The van der Waals surface area contributed by atoms with Crippen molar-refractivity contribution in [3.05, 3.63) is 0 Å². The van der Waals surface area contributed by atoms with E-state index in [0.29, 0.717) is 5.41 Å². The van der Waals surface area contributed by atoms with E-state index >= 15 is 0 Å². The highest BCUT2D eigenvalue weighted by Crippen LogP contribution is 2.28. The molecule has 16 heavy (non-hydrogen) atoms. The Kier molecular flexibility index (Phi) is 5.77. The molecule has 96 valence electrons. The van der Waals surface area contributed by atoms with Gasteiger partial charge in [0.25, 0.3) is 0 Å². The number of rotatable bonds is 8. The van der Waals surface area contributed by atoms with E-state index in [9.17, 15) is 0 Å². The molecule has 0 unspecified atom stereocenters. The largest absolute Gasteiger partial charge is 0.316 e. The van der Waals surface area contributed by atoms with Gasteiger partial charge < -0.3 is 10.2 Å². The fourth-order valence-corrected chi connectivity index (χ4v) is 2.47. The van der Waals surface area contributed by atoms with E-state index in [1.165, 1.54) is 38.9 Å². The first-order valence-corrected chi connectivity index (χ1v) is 7.00. The lowest BCUT2D eigenvalue weighted by atomic mass is 9.84. The molecule has 2 heteroatoms. The van der Waals surface area contributed by atoms with E-state index in [1.54, 1.807) is 0 Å². The Morgan fingerprint density at radius 3 is 2.38 bits per heavy atom. The maximum atomic E-state index is 3.47. The summed E-state index contributed by atoms with van der Waals surface area (Å²) in [5.74, 6) is 0.995. The summed E-state index contributed by atoms with van der Waals surface area (Å²) in [6.07, 6.45) is 4.39. The van der Waals surface area contributed by atoms with Crippen LogP contribution < -0.4 is 5.32 Å². The zero-order chi connectivity index (χ0) is 12.0. The highest BCUT2D eigenvalue weighted by molar-refractivity contribution is 4.79. The fraction of sp³-hybridized carbons (Fsp3) is 1.00. The number of hydrogen-bond acceptors (Lipinski definition) is 2. The van der Waals surface area contributed by atoms with Gasteiger partial charge in [0.2, 0.25) is 0 Å². The van der Waals surface area contributed by atoms with Gasteiger partial charge in [-0.1, -0.05) is 34.1 Å². The van der Waals surface area contributed by atoms with E-state index < -0.39 is 0 Å². The molecular weight excluding hydrogens is 196 g/mol. The lowest BCUT2D eigenvalue weighted by Gasteiger charge is -2.36. The second-order valence-electron chi connectivity index (χ2n) is 6.07. The average molecular weight is 226 g/mol. The number of nitrogens with zero attached hydrogens (tertiary/aromatic N) is 1. The summed E-state index contributed by atoms with van der Waals surface area (Å²) < 4.78 is 0. The first-order chi connectivity index (χ1) is 7.57. The normalized spacial score (nSPS) is 17.8. The van der Waals surface area contributed by atoms with E-state index in [4.69, 9.17) is 0 Å². The van der Waals surface area contributed by atoms with Crippen molar-refractivity contribution < 1.29 is 0 Å². The SMILES string of the molecule is CCNCC(C)(C)CN(CC)CC1CCC1. The lowest BCUT2D eigenvalue weighted by molar-refractivity contribution is 0.132. The fourth-order valence-electron chi connectivity index (χ4n) is 2.47. The molecule has 1 rings (SSSR count). The van der Waals surface area contributed by atoms with Crippen LogP contribution in [0.2, 0.25) is 0 Å². The second-order valence-corrected chi connectivity index (χ2v) is 6.07. The van der Waals surface area contributed by atoms with Gasteiger partial charge in [-0.25, -0.2) is 0 Å². The molecule has 0 heterocycles. The van der Waals surface area contributed by atoms with Gasteiger partial charge in [-0.05, 0) is 37.3 Å². The molecule has 0 saturated heterocycles. The van der Waals surface area contributed by atoms with Crippen LogP contribution in [0.25, 0.3) is 0 Å². The summed E-state index contributed by atoms with van der Waals surface area (Å²) in [5, 5.41) is 3.47. The Morgan fingerprint density at radius 2 is 1.94 bits per heavy atom. The van der Waals surface area contributed by atoms with Crippen LogP contribution in [-0.2, 0) is 0 Å². The van der Waals surface area contributed by atoms with Gasteiger partial charge in [-0.3, -0.25) is 0 Å². The molecule has 0 aromatic carbocycles. The van der Waals surface area contributed by atoms with Crippen molar-refractivity contribution in [2.24, 2.45) is 11.3 Å². The van der Waals surface area contributed by atoms with Crippen LogP contribution in [0.1, 0.15) is 47.0 Å². The highest BCUT2D eigenvalue weighted by atomic mass is 15.1. The van der Waals surface area contributed by atoms with Crippen LogP contribution in [0, 0.1) is 11.3 Å². The van der Waals surface area contributed by atoms with Crippen LogP contribution in [0.5, 0.6) is 0 Å². The van der Waals surface area contributed by atoms with Gasteiger partial charge in [0, 0.05) is 19.6 Å². The molecule has 0 amide bonds. The van der Waals surface area contributed by atoms with Crippen molar-refractivity contribution in [3.63, 3.8) is 0 Å². The van der Waals surface area contributed by atoms with Gasteiger partial charge in [0.15, 0.2) is 0 Å². The highest BCUT2D eigenvalue weighted by Gasteiger charge is 2.24. The van der Waals surface area contributed by atoms with Crippen molar-refractivity contribution in [1.82, 2.24) is 10.2 Å². The molecule has 1 N–H and O–H groups in total. The topological polar surface area (TPSA) is 15.3 Å². The molecule has 0 aromatic rings. The summed E-state index contributed by atoms with van der Waals surface area (Å²) in [7, 11) is 0. The van der Waals surface area contributed by atoms with Crippen molar-refractivity contribution in [3.8, 4) is 0 Å². The maximum Gasteiger partial charge on any atom is 0.00448 e. The first kappa shape index (κ1) is 14.0. The van der Waals surface area contributed by atoms with Crippen LogP contribution in [-0.4, -0.2) is 37.6 Å². The predicted octanol–water partition coefficient (Wildman–Crippen LogP) is 2.74. The van der Waals surface area contributed by atoms with Crippen LogP contribution in [0.15, 0.2) is 0 Å². The Balaban J connectivity index is 2.28. The Hall–Kier alpha value is -0.0800. The molecule has 0 spiro atoms. The minimum absolute atomic E-state index is 0.399. The van der Waals surface area contributed by atoms with Gasteiger partial charge in [0.05, 0.1) is 0 Å². The van der Waals surface area contributed by atoms with Crippen LogP contribution >= 0.6 is 0 Å². The lowest BCUT2D eigenvalue weighted by Crippen LogP contribution is -2.43. The smallest absolute Gasteiger partial charge is 0.00448 e. The third-order valence-corrected chi connectivity index (χ3v) is 3.69. The van der Waals surface area contributed by atoms with Gasteiger partial charge in [-0.15, -0.1) is 0 Å². The van der Waals surface area contributed by atoms with Crippen LogP contribution in [0.4, 0.5) is 0 Å². The van der Waals surface area contributed by atoms with E-state index in [1.807, 2.05) is 0 Å². The zero-order valence-electron chi connectivity index (χ0n) is 11.7. The van der Waals surface area contributed by atoms with Crippen molar-refractivity contribution in [2.75, 3.05) is 32.7 Å². The quantitative estimate of drug-likeness (QED) is 0.684. The predicted molar refractivity (Wildman–Crippen MR) is 71.8 cm³/mol. The molecular formula is C14H30N2. The number of hydrogen-bond donors (Lipinski definition) is 1. The van der Waals surface area contributed by atoms with E-state index in [0.717, 1.165) is 19.0 Å². The molecule has 1 aliphatic rings. The summed E-state index contributed by atoms with van der Waals surface area (Å²) in [5.41, 5.74) is 0.399. The third kappa shape index (κ3) is 4.84. The number of nitrogens with one attached hydrogen (secondary N) is 1. The Morgan fingerprint density at radius 1 is 1.25 bits per heavy atom. The summed E-state index contributed by atoms with van der Waals surface area (Å²) >= 11 is 0. The van der Waals surface area contributed by atoms with Gasteiger partial charge in [-0.2, -0.15) is 0 Å². The molecule has 0 bridgehead atoms. The monoisotopic (exact) mass is 226 g/mol. The zero-order valence-corrected chi connectivity index (χ0v) is 11.7. The van der Waals surface area contributed by atoms with Gasteiger partial charge in [0.1, 0.15) is 0 Å². The molecule has 1 saturated carbocycles. The summed E-state index contributed by atoms with van der Waals surface area (Å²) in [6.45, 7) is 15.2. The molecule has 1 aliphatic carbocycles. The minimum Gasteiger partial charge on any atom is -0.316 e. The van der Waals surface area contributed by atoms with E-state index in [2.05, 4.69) is 37.9 Å². The van der Waals surface area contributed by atoms with Crippen molar-refractivity contribution in [1.29, 1.82) is 0 Å². The molecule has 0 aliphatic heterocycles. The molecule has 0 atom stereocenters. The second kappa shape index (κ2) is 6.61. The molecule has 1 fully saturated rings. The summed E-state index contributed by atoms with van der Waals surface area (Å²) in [4.78, 5) is 2.64. The van der Waals surface area contributed by atoms with Crippen molar-refractivity contribution in [2.45, 2.75) is 47.0 Å². The van der Waals surface area contributed by atoms with Crippen molar-refractivity contribution >= 4 is 0 Å². The van der Waals surface area contributed by atoms with Gasteiger partial charge >= 0.3 is 0 Å². The van der Waals surface area contributed by atoms with Crippen LogP contribution in [0.3, 0.4) is 0 Å².